The Labute approximate surface area is 113 Å². The summed E-state index contributed by atoms with van der Waals surface area (Å²) in [7, 11) is 0. The molecular formula is C13H11F3N4. The van der Waals surface area contributed by atoms with Gasteiger partial charge in [0.1, 0.15) is 5.82 Å². The van der Waals surface area contributed by atoms with Crippen LogP contribution in [-0.2, 0) is 12.6 Å². The first-order chi connectivity index (χ1) is 9.47. The summed E-state index contributed by atoms with van der Waals surface area (Å²) < 4.78 is 40.1. The predicted molar refractivity (Wildman–Crippen MR) is 66.9 cm³/mol. The summed E-state index contributed by atoms with van der Waals surface area (Å²) in [6, 6.07) is 5.17. The van der Waals surface area contributed by atoms with E-state index in [2.05, 4.69) is 10.2 Å². The summed E-state index contributed by atoms with van der Waals surface area (Å²) in [5.74, 6) is 1.32. The van der Waals surface area contributed by atoms with Crippen molar-refractivity contribution in [2.45, 2.75) is 19.5 Å². The van der Waals surface area contributed by atoms with Gasteiger partial charge in [0.2, 0.25) is 0 Å². The molecule has 0 saturated carbocycles. The van der Waals surface area contributed by atoms with Gasteiger partial charge in [0, 0.05) is 12.6 Å². The zero-order valence-corrected chi connectivity index (χ0v) is 10.6. The number of nitrogens with zero attached hydrogens (tertiary/aromatic N) is 4. The molecule has 0 radical (unpaired) electrons. The topological polar surface area (TPSA) is 34.0 Å². The van der Waals surface area contributed by atoms with E-state index in [4.69, 9.17) is 0 Å². The maximum atomic E-state index is 12.8. The molecule has 0 amide bonds. The van der Waals surface area contributed by atoms with Gasteiger partial charge in [-0.2, -0.15) is 13.2 Å². The number of rotatable bonds is 1. The van der Waals surface area contributed by atoms with E-state index in [0.717, 1.165) is 12.1 Å². The molecule has 0 unspecified atom stereocenters. The van der Waals surface area contributed by atoms with Crippen LogP contribution in [0.1, 0.15) is 17.2 Å². The SMILES string of the molecule is Cc1nnc2n1N(c1cccc(C(F)(F)F)c1)C=CC2. The van der Waals surface area contributed by atoms with Crippen molar-refractivity contribution in [3.63, 3.8) is 0 Å². The van der Waals surface area contributed by atoms with Crippen molar-refractivity contribution in [3.8, 4) is 0 Å². The third-order valence-corrected chi connectivity index (χ3v) is 3.06. The first-order valence-electron chi connectivity index (χ1n) is 6.01. The van der Waals surface area contributed by atoms with Gasteiger partial charge in [-0.3, -0.25) is 5.01 Å². The van der Waals surface area contributed by atoms with Crippen molar-refractivity contribution < 1.29 is 13.2 Å². The van der Waals surface area contributed by atoms with Gasteiger partial charge >= 0.3 is 6.18 Å². The van der Waals surface area contributed by atoms with Crippen molar-refractivity contribution in [1.29, 1.82) is 0 Å². The third kappa shape index (κ3) is 2.04. The molecule has 1 aliphatic rings. The molecule has 1 aromatic heterocycles. The third-order valence-electron chi connectivity index (χ3n) is 3.06. The molecule has 4 nitrogen and oxygen atoms in total. The Morgan fingerprint density at radius 2 is 2.00 bits per heavy atom. The monoisotopic (exact) mass is 280 g/mol. The van der Waals surface area contributed by atoms with Gasteiger partial charge in [-0.25, -0.2) is 4.68 Å². The van der Waals surface area contributed by atoms with Crippen LogP contribution in [0.2, 0.25) is 0 Å². The summed E-state index contributed by atoms with van der Waals surface area (Å²) in [6.07, 6.45) is -0.195. The molecule has 2 heterocycles. The average molecular weight is 280 g/mol. The Balaban J connectivity index is 2.07. The molecule has 0 bridgehead atoms. The van der Waals surface area contributed by atoms with Crippen LogP contribution >= 0.6 is 0 Å². The normalized spacial score (nSPS) is 14.5. The van der Waals surface area contributed by atoms with Gasteiger partial charge in [0.05, 0.1) is 11.3 Å². The van der Waals surface area contributed by atoms with Gasteiger partial charge in [-0.05, 0) is 25.1 Å². The largest absolute Gasteiger partial charge is 0.416 e. The van der Waals surface area contributed by atoms with E-state index in [9.17, 15) is 13.2 Å². The van der Waals surface area contributed by atoms with E-state index in [1.807, 2.05) is 6.08 Å². The minimum Gasteiger partial charge on any atom is -0.254 e. The smallest absolute Gasteiger partial charge is 0.254 e. The molecule has 2 aromatic rings. The molecule has 7 heteroatoms. The molecule has 0 aliphatic carbocycles. The van der Waals surface area contributed by atoms with Crippen LogP contribution < -0.4 is 5.01 Å². The van der Waals surface area contributed by atoms with Gasteiger partial charge in [0.15, 0.2) is 5.82 Å². The van der Waals surface area contributed by atoms with Crippen LogP contribution in [0.3, 0.4) is 0 Å². The first-order valence-corrected chi connectivity index (χ1v) is 6.01. The maximum Gasteiger partial charge on any atom is 0.416 e. The van der Waals surface area contributed by atoms with Gasteiger partial charge in [-0.15, -0.1) is 10.2 Å². The average Bonchev–Trinajstić information content (AvgIpc) is 2.80. The molecule has 0 fully saturated rings. The summed E-state index contributed by atoms with van der Waals surface area (Å²) >= 11 is 0. The molecule has 3 rings (SSSR count). The van der Waals surface area contributed by atoms with Gasteiger partial charge < -0.3 is 0 Å². The highest BCUT2D eigenvalue weighted by Gasteiger charge is 2.31. The van der Waals surface area contributed by atoms with Crippen molar-refractivity contribution in [2.24, 2.45) is 0 Å². The molecule has 104 valence electrons. The second-order valence-corrected chi connectivity index (χ2v) is 4.46. The van der Waals surface area contributed by atoms with Gasteiger partial charge in [-0.1, -0.05) is 12.1 Å². The Hall–Kier alpha value is -2.31. The quantitative estimate of drug-likeness (QED) is 0.805. The Morgan fingerprint density at radius 1 is 1.20 bits per heavy atom. The number of anilines is 1. The molecule has 0 atom stereocenters. The summed E-state index contributed by atoms with van der Waals surface area (Å²) in [4.78, 5) is 0. The van der Waals surface area contributed by atoms with E-state index >= 15 is 0 Å². The van der Waals surface area contributed by atoms with E-state index in [0.29, 0.717) is 23.8 Å². The van der Waals surface area contributed by atoms with E-state index in [1.54, 1.807) is 28.9 Å². The number of hydrogen-bond acceptors (Lipinski definition) is 3. The number of alkyl halides is 3. The fourth-order valence-electron chi connectivity index (χ4n) is 2.16. The Bertz CT molecular complexity index is 672. The van der Waals surface area contributed by atoms with Crippen LogP contribution in [0.15, 0.2) is 36.5 Å². The summed E-state index contributed by atoms with van der Waals surface area (Å²) in [6.45, 7) is 1.76. The van der Waals surface area contributed by atoms with Crippen molar-refractivity contribution in [2.75, 3.05) is 5.01 Å². The second-order valence-electron chi connectivity index (χ2n) is 4.46. The highest BCUT2D eigenvalue weighted by molar-refractivity contribution is 5.52. The predicted octanol–water partition coefficient (Wildman–Crippen LogP) is 2.94. The van der Waals surface area contributed by atoms with Crippen molar-refractivity contribution >= 4 is 5.69 Å². The summed E-state index contributed by atoms with van der Waals surface area (Å²) in [5.41, 5.74) is -0.263. The van der Waals surface area contributed by atoms with Crippen LogP contribution in [0.5, 0.6) is 0 Å². The van der Waals surface area contributed by atoms with Crippen molar-refractivity contribution in [1.82, 2.24) is 14.9 Å². The maximum absolute atomic E-state index is 12.8. The second kappa shape index (κ2) is 4.36. The van der Waals surface area contributed by atoms with Crippen LogP contribution in [0.25, 0.3) is 0 Å². The standard InChI is InChI=1S/C13H11F3N4/c1-9-17-18-12-6-3-7-19(20(9)12)11-5-2-4-10(8-11)13(14,15)16/h2-5,7-8H,6H2,1H3. The minimum atomic E-state index is -4.36. The lowest BCUT2D eigenvalue weighted by molar-refractivity contribution is -0.137. The highest BCUT2D eigenvalue weighted by Crippen LogP contribution is 2.32. The lowest BCUT2D eigenvalue weighted by Crippen LogP contribution is -2.29. The molecular weight excluding hydrogens is 269 g/mol. The fraction of sp³-hybridized carbons (Fsp3) is 0.231. The zero-order chi connectivity index (χ0) is 14.3. The number of allylic oxidation sites excluding steroid dienone is 1. The summed E-state index contributed by atoms with van der Waals surface area (Å²) in [5, 5.41) is 9.57. The van der Waals surface area contributed by atoms with Gasteiger partial charge in [0.25, 0.3) is 0 Å². The lowest BCUT2D eigenvalue weighted by atomic mass is 10.2. The van der Waals surface area contributed by atoms with Crippen LogP contribution in [0, 0.1) is 6.92 Å². The molecule has 0 N–H and O–H groups in total. The number of halogens is 3. The highest BCUT2D eigenvalue weighted by atomic mass is 19.4. The number of benzene rings is 1. The molecule has 1 aliphatic heterocycles. The lowest BCUT2D eigenvalue weighted by Gasteiger charge is -2.27. The van der Waals surface area contributed by atoms with Crippen LogP contribution in [-0.4, -0.2) is 14.9 Å². The first kappa shape index (κ1) is 12.7. The number of aromatic nitrogens is 3. The number of fused-ring (bicyclic) bond motifs is 1. The van der Waals surface area contributed by atoms with Crippen LogP contribution in [0.4, 0.5) is 18.9 Å². The van der Waals surface area contributed by atoms with E-state index in [-0.39, 0.29) is 0 Å². The molecule has 1 aromatic carbocycles. The number of hydrogen-bond donors (Lipinski definition) is 0. The Morgan fingerprint density at radius 3 is 2.75 bits per heavy atom. The molecule has 20 heavy (non-hydrogen) atoms. The molecule has 0 saturated heterocycles. The fourth-order valence-corrected chi connectivity index (χ4v) is 2.16. The van der Waals surface area contributed by atoms with Crippen molar-refractivity contribution in [3.05, 3.63) is 53.8 Å². The molecule has 0 spiro atoms. The van der Waals surface area contributed by atoms with E-state index < -0.39 is 11.7 Å². The number of aryl methyl sites for hydroxylation is 1. The van der Waals surface area contributed by atoms with E-state index in [1.165, 1.54) is 6.07 Å². The Kier molecular flexibility index (Phi) is 2.77. The zero-order valence-electron chi connectivity index (χ0n) is 10.6. The minimum absolute atomic E-state index is 0.417.